The minimum absolute atomic E-state index is 0.0412. The lowest BCUT2D eigenvalue weighted by molar-refractivity contribution is -0.114. The fourth-order valence-corrected chi connectivity index (χ4v) is 5.71. The number of piperidine rings is 1. The Hall–Kier alpha value is -2.34. The summed E-state index contributed by atoms with van der Waals surface area (Å²) in [5.41, 5.74) is 1.60. The molecule has 1 unspecified atom stereocenters. The molecule has 6 nitrogen and oxygen atoms in total. The molecule has 4 atom stereocenters. The van der Waals surface area contributed by atoms with E-state index in [1.807, 2.05) is 18.2 Å². The highest BCUT2D eigenvalue weighted by Gasteiger charge is 2.59. The molecule has 6 heteroatoms. The Morgan fingerprint density at radius 2 is 2.17 bits per heavy atom. The van der Waals surface area contributed by atoms with Crippen molar-refractivity contribution in [3.05, 3.63) is 35.6 Å². The van der Waals surface area contributed by atoms with E-state index in [0.717, 1.165) is 43.6 Å². The summed E-state index contributed by atoms with van der Waals surface area (Å²) in [6.07, 6.45) is 4.13. The molecular formula is C23H30N2O4. The fourth-order valence-electron chi connectivity index (χ4n) is 5.71. The molecule has 1 N–H and O–H groups in total. The number of nitrogens with zero attached hydrogens (tertiary/aromatic N) is 1. The van der Waals surface area contributed by atoms with Crippen LogP contribution in [0.2, 0.25) is 0 Å². The maximum absolute atomic E-state index is 13.7. The molecular weight excluding hydrogens is 368 g/mol. The van der Waals surface area contributed by atoms with E-state index in [2.05, 4.69) is 17.1 Å². The van der Waals surface area contributed by atoms with Gasteiger partial charge in [-0.1, -0.05) is 19.4 Å². The van der Waals surface area contributed by atoms with Gasteiger partial charge in [0.25, 0.3) is 0 Å². The number of carbonyl (C=O) groups excluding carboxylic acids is 2. The Bertz CT molecular complexity index is 864. The number of carbonyl (C=O) groups is 2. The van der Waals surface area contributed by atoms with Gasteiger partial charge < -0.3 is 14.8 Å². The lowest BCUT2D eigenvalue weighted by Gasteiger charge is -2.45. The zero-order valence-electron chi connectivity index (χ0n) is 17.7. The van der Waals surface area contributed by atoms with E-state index >= 15 is 0 Å². The lowest BCUT2D eigenvalue weighted by atomic mass is 9.71. The Morgan fingerprint density at radius 3 is 2.83 bits per heavy atom. The highest BCUT2D eigenvalue weighted by atomic mass is 16.5. The zero-order chi connectivity index (χ0) is 20.8. The van der Waals surface area contributed by atoms with Gasteiger partial charge in [0.1, 0.15) is 11.3 Å². The van der Waals surface area contributed by atoms with Gasteiger partial charge in [0.2, 0.25) is 0 Å². The summed E-state index contributed by atoms with van der Waals surface area (Å²) in [6, 6.07) is 5.75. The monoisotopic (exact) mass is 398 g/mol. The summed E-state index contributed by atoms with van der Waals surface area (Å²) >= 11 is 0. The molecule has 0 amide bonds. The number of hydrogen-bond acceptors (Lipinski definition) is 6. The van der Waals surface area contributed by atoms with Crippen molar-refractivity contribution in [3.63, 3.8) is 0 Å². The van der Waals surface area contributed by atoms with E-state index in [4.69, 9.17) is 9.47 Å². The highest BCUT2D eigenvalue weighted by Crippen LogP contribution is 2.50. The number of rotatable bonds is 5. The van der Waals surface area contributed by atoms with E-state index in [0.29, 0.717) is 17.2 Å². The first kappa shape index (κ1) is 20.0. The lowest BCUT2D eigenvalue weighted by Crippen LogP contribution is -2.57. The molecule has 1 aromatic rings. The van der Waals surface area contributed by atoms with Crippen LogP contribution < -0.4 is 10.1 Å². The van der Waals surface area contributed by atoms with Gasteiger partial charge >= 0.3 is 0 Å². The molecule has 1 spiro atoms. The van der Waals surface area contributed by atoms with Crippen LogP contribution in [0.5, 0.6) is 5.75 Å². The summed E-state index contributed by atoms with van der Waals surface area (Å²) in [6.45, 7) is 5.55. The third-order valence-corrected chi connectivity index (χ3v) is 7.13. The number of ketones is 2. The quantitative estimate of drug-likeness (QED) is 0.606. The predicted octanol–water partition coefficient (Wildman–Crippen LogP) is 3.28. The van der Waals surface area contributed by atoms with Gasteiger partial charge in [0, 0.05) is 30.4 Å². The molecule has 0 saturated carbocycles. The number of ether oxygens (including phenoxy) is 2. The second-order valence-electron chi connectivity index (χ2n) is 8.44. The average molecular weight is 399 g/mol. The van der Waals surface area contributed by atoms with Gasteiger partial charge in [-0.25, -0.2) is 0 Å². The van der Waals surface area contributed by atoms with Gasteiger partial charge in [0.05, 0.1) is 26.0 Å². The highest BCUT2D eigenvalue weighted by molar-refractivity contribution is 6.16. The predicted molar refractivity (Wildman–Crippen MR) is 111 cm³/mol. The summed E-state index contributed by atoms with van der Waals surface area (Å²) in [5.74, 6) is 1.25. The van der Waals surface area contributed by atoms with E-state index in [1.165, 1.54) is 0 Å². The number of nitrogens with one attached hydrogen (secondary N) is 1. The smallest absolute Gasteiger partial charge is 0.195 e. The maximum Gasteiger partial charge on any atom is 0.195 e. The van der Waals surface area contributed by atoms with Crippen LogP contribution in [0.4, 0.5) is 5.69 Å². The summed E-state index contributed by atoms with van der Waals surface area (Å²) in [5, 5.41) is 3.58. The van der Waals surface area contributed by atoms with Crippen LogP contribution in [0.15, 0.2) is 30.0 Å². The van der Waals surface area contributed by atoms with Crippen LogP contribution in [0.25, 0.3) is 0 Å². The Morgan fingerprint density at radius 1 is 1.38 bits per heavy atom. The van der Waals surface area contributed by atoms with Crippen molar-refractivity contribution < 1.29 is 19.1 Å². The van der Waals surface area contributed by atoms with Crippen molar-refractivity contribution in [3.8, 4) is 5.75 Å². The number of anilines is 1. The van der Waals surface area contributed by atoms with Crippen molar-refractivity contribution in [2.24, 2.45) is 11.8 Å². The molecule has 3 aliphatic rings. The minimum Gasteiger partial charge on any atom is -0.504 e. The summed E-state index contributed by atoms with van der Waals surface area (Å²) in [7, 11) is 3.19. The van der Waals surface area contributed by atoms with Crippen molar-refractivity contribution in [2.75, 3.05) is 32.6 Å². The molecule has 2 fully saturated rings. The average Bonchev–Trinajstić information content (AvgIpc) is 3.22. The molecule has 0 radical (unpaired) electrons. The topological polar surface area (TPSA) is 67.9 Å². The van der Waals surface area contributed by atoms with Crippen molar-refractivity contribution in [1.82, 2.24) is 4.90 Å². The first-order valence-corrected chi connectivity index (χ1v) is 10.4. The molecule has 156 valence electrons. The van der Waals surface area contributed by atoms with Gasteiger partial charge in [0.15, 0.2) is 11.6 Å². The summed E-state index contributed by atoms with van der Waals surface area (Å²) < 4.78 is 10.7. The Balaban J connectivity index is 1.71. The van der Waals surface area contributed by atoms with Gasteiger partial charge in [-0.05, 0) is 43.7 Å². The molecule has 1 aromatic carbocycles. The van der Waals surface area contributed by atoms with Crippen LogP contribution >= 0.6 is 0 Å². The molecule has 3 aliphatic heterocycles. The van der Waals surface area contributed by atoms with E-state index in [-0.39, 0.29) is 23.5 Å². The normalized spacial score (nSPS) is 31.4. The van der Waals surface area contributed by atoms with Gasteiger partial charge in [-0.3, -0.25) is 14.5 Å². The number of fused-ring (bicyclic) bond motifs is 3. The van der Waals surface area contributed by atoms with Crippen molar-refractivity contribution >= 4 is 17.3 Å². The SMILES string of the molecule is CC[C@@H]1CN2CC[C@]3(Nc4cccc(OC)c4C3=O)C2C[C@@H]1/C(=C\OC)C(C)=O. The first-order chi connectivity index (χ1) is 14.0. The third-order valence-electron chi connectivity index (χ3n) is 7.13. The Kier molecular flexibility index (Phi) is 5.15. The van der Waals surface area contributed by atoms with E-state index < -0.39 is 5.54 Å². The molecule has 4 rings (SSSR count). The van der Waals surface area contributed by atoms with Crippen molar-refractivity contribution in [1.29, 1.82) is 0 Å². The van der Waals surface area contributed by atoms with Crippen LogP contribution in [0.1, 0.15) is 43.5 Å². The minimum atomic E-state index is -0.650. The van der Waals surface area contributed by atoms with Crippen LogP contribution in [-0.4, -0.2) is 55.4 Å². The number of Topliss-reactive ketones (excluding diaryl/α,β-unsaturated/α-hetero) is 2. The number of allylic oxidation sites excluding steroid dienone is 1. The van der Waals surface area contributed by atoms with Gasteiger partial charge in [-0.2, -0.15) is 0 Å². The zero-order valence-corrected chi connectivity index (χ0v) is 17.7. The van der Waals surface area contributed by atoms with Crippen molar-refractivity contribution in [2.45, 2.75) is 44.7 Å². The number of benzene rings is 1. The largest absolute Gasteiger partial charge is 0.504 e. The number of methoxy groups -OCH3 is 2. The van der Waals surface area contributed by atoms with E-state index in [1.54, 1.807) is 27.4 Å². The standard InChI is InChI=1S/C23H30N2O4/c1-5-15-12-25-10-9-23(20(25)11-16(15)17(13-28-3)14(2)26)22(27)21-18(24-23)7-6-8-19(21)29-4/h6-8,13,15-16,20,24H,5,9-12H2,1-4H3/b17-13-/t15-,16+,20?,23+/m1/s1. The van der Waals surface area contributed by atoms with Crippen LogP contribution in [0.3, 0.4) is 0 Å². The first-order valence-electron chi connectivity index (χ1n) is 10.4. The second kappa shape index (κ2) is 7.48. The molecule has 0 bridgehead atoms. The molecule has 2 saturated heterocycles. The molecule has 0 aromatic heterocycles. The second-order valence-corrected chi connectivity index (χ2v) is 8.44. The molecule has 29 heavy (non-hydrogen) atoms. The summed E-state index contributed by atoms with van der Waals surface area (Å²) in [4.78, 5) is 28.5. The third kappa shape index (κ3) is 2.96. The van der Waals surface area contributed by atoms with E-state index in [9.17, 15) is 9.59 Å². The number of hydrogen-bond donors (Lipinski definition) is 1. The fraction of sp³-hybridized carbons (Fsp3) is 0.565. The molecule has 3 heterocycles. The van der Waals surface area contributed by atoms with Gasteiger partial charge in [-0.15, -0.1) is 0 Å². The Labute approximate surface area is 172 Å². The molecule has 0 aliphatic carbocycles. The van der Waals surface area contributed by atoms with Crippen LogP contribution in [0, 0.1) is 11.8 Å². The van der Waals surface area contributed by atoms with Crippen LogP contribution in [-0.2, 0) is 9.53 Å². The maximum atomic E-state index is 13.7.